The van der Waals surface area contributed by atoms with Crippen LogP contribution < -0.4 is 16.2 Å². The number of nitrogens with two attached hydrogens (primary N) is 1. The minimum atomic E-state index is -0.469. The lowest BCUT2D eigenvalue weighted by Gasteiger charge is -2.22. The molecule has 2 heterocycles. The summed E-state index contributed by atoms with van der Waals surface area (Å²) in [7, 11) is 1.64. The number of aromatic nitrogens is 2. The second-order valence-corrected chi connectivity index (χ2v) is 7.64. The van der Waals surface area contributed by atoms with E-state index < -0.39 is 5.91 Å². The van der Waals surface area contributed by atoms with Gasteiger partial charge in [-0.15, -0.1) is 11.3 Å². The molecule has 0 aliphatic carbocycles. The van der Waals surface area contributed by atoms with Crippen LogP contribution in [0.3, 0.4) is 0 Å². The summed E-state index contributed by atoms with van der Waals surface area (Å²) < 4.78 is 2.05. The standard InChI is InChI=1S/C18H18N4O3S2/c1-21-17(25)16-13(8-10-26-16)20-18(21)27-11-15(24)22(9-7-14(19)23)12-5-3-2-4-6-12/h2-6,8,10H,7,9,11H2,1H3,(H2,19,23). The Morgan fingerprint density at radius 3 is 2.70 bits per heavy atom. The zero-order chi connectivity index (χ0) is 19.4. The van der Waals surface area contributed by atoms with Crippen LogP contribution >= 0.6 is 23.1 Å². The van der Waals surface area contributed by atoms with E-state index in [1.807, 2.05) is 23.6 Å². The van der Waals surface area contributed by atoms with Crippen molar-refractivity contribution in [3.8, 4) is 0 Å². The maximum atomic E-state index is 12.8. The van der Waals surface area contributed by atoms with Crippen molar-refractivity contribution < 1.29 is 9.59 Å². The van der Waals surface area contributed by atoms with Gasteiger partial charge in [-0.1, -0.05) is 30.0 Å². The van der Waals surface area contributed by atoms with Gasteiger partial charge in [0.25, 0.3) is 5.56 Å². The average molecular weight is 403 g/mol. The van der Waals surface area contributed by atoms with Gasteiger partial charge in [-0.3, -0.25) is 19.0 Å². The van der Waals surface area contributed by atoms with E-state index in [1.54, 1.807) is 25.2 Å². The third-order valence-electron chi connectivity index (χ3n) is 3.92. The molecule has 2 N–H and O–H groups in total. The van der Waals surface area contributed by atoms with Gasteiger partial charge in [-0.05, 0) is 23.6 Å². The van der Waals surface area contributed by atoms with Crippen molar-refractivity contribution in [2.45, 2.75) is 11.6 Å². The van der Waals surface area contributed by atoms with Crippen LogP contribution in [0, 0.1) is 0 Å². The fourth-order valence-electron chi connectivity index (χ4n) is 2.53. The Kier molecular flexibility index (Phi) is 5.92. The number of carbonyl (C=O) groups is 2. The molecule has 0 aliphatic rings. The Morgan fingerprint density at radius 1 is 1.26 bits per heavy atom. The summed E-state index contributed by atoms with van der Waals surface area (Å²) in [6.45, 7) is 0.203. The fourth-order valence-corrected chi connectivity index (χ4v) is 4.18. The van der Waals surface area contributed by atoms with Gasteiger partial charge in [0, 0.05) is 25.7 Å². The Hall–Kier alpha value is -2.65. The van der Waals surface area contributed by atoms with Crippen LogP contribution in [0.15, 0.2) is 51.7 Å². The first-order chi connectivity index (χ1) is 13.0. The highest BCUT2D eigenvalue weighted by atomic mass is 32.2. The predicted molar refractivity (Wildman–Crippen MR) is 108 cm³/mol. The van der Waals surface area contributed by atoms with Crippen LogP contribution in [0.1, 0.15) is 6.42 Å². The Morgan fingerprint density at radius 2 is 2.00 bits per heavy atom. The molecule has 0 aliphatic heterocycles. The van der Waals surface area contributed by atoms with Gasteiger partial charge in [0.15, 0.2) is 5.16 Å². The first kappa shape index (κ1) is 19.1. The monoisotopic (exact) mass is 402 g/mol. The van der Waals surface area contributed by atoms with E-state index in [2.05, 4.69) is 4.98 Å². The van der Waals surface area contributed by atoms with E-state index in [0.717, 1.165) is 0 Å². The molecule has 2 aromatic heterocycles. The number of fused-ring (bicyclic) bond motifs is 1. The highest BCUT2D eigenvalue weighted by Crippen LogP contribution is 2.22. The van der Waals surface area contributed by atoms with Crippen molar-refractivity contribution in [3.05, 3.63) is 52.1 Å². The Bertz CT molecular complexity index is 1030. The molecule has 27 heavy (non-hydrogen) atoms. The molecule has 140 valence electrons. The summed E-state index contributed by atoms with van der Waals surface area (Å²) in [4.78, 5) is 42.3. The van der Waals surface area contributed by atoms with E-state index in [9.17, 15) is 14.4 Å². The maximum Gasteiger partial charge on any atom is 0.271 e. The van der Waals surface area contributed by atoms with E-state index in [4.69, 9.17) is 5.73 Å². The predicted octanol–water partition coefficient (Wildman–Crippen LogP) is 2.00. The fraction of sp³-hybridized carbons (Fsp3) is 0.222. The third-order valence-corrected chi connectivity index (χ3v) is 5.83. The van der Waals surface area contributed by atoms with Gasteiger partial charge in [0.1, 0.15) is 4.70 Å². The number of amides is 2. The maximum absolute atomic E-state index is 12.8. The van der Waals surface area contributed by atoms with E-state index in [0.29, 0.717) is 21.1 Å². The number of rotatable bonds is 7. The van der Waals surface area contributed by atoms with Crippen molar-refractivity contribution >= 4 is 50.8 Å². The number of thiophene rings is 1. The van der Waals surface area contributed by atoms with Gasteiger partial charge in [0.2, 0.25) is 11.8 Å². The average Bonchev–Trinajstić information content (AvgIpc) is 3.13. The number of nitrogens with zero attached hydrogens (tertiary/aromatic N) is 3. The van der Waals surface area contributed by atoms with Crippen LogP contribution in [0.5, 0.6) is 0 Å². The van der Waals surface area contributed by atoms with Crippen molar-refractivity contribution in [2.24, 2.45) is 12.8 Å². The molecule has 0 fully saturated rings. The molecular weight excluding hydrogens is 384 g/mol. The number of thioether (sulfide) groups is 1. The smallest absolute Gasteiger partial charge is 0.271 e. The van der Waals surface area contributed by atoms with Gasteiger partial charge in [-0.25, -0.2) is 4.98 Å². The highest BCUT2D eigenvalue weighted by Gasteiger charge is 2.18. The number of benzene rings is 1. The second-order valence-electron chi connectivity index (χ2n) is 5.78. The molecule has 0 atom stereocenters. The van der Waals surface area contributed by atoms with E-state index in [-0.39, 0.29) is 30.2 Å². The molecule has 0 radical (unpaired) electrons. The quantitative estimate of drug-likeness (QED) is 0.481. The summed E-state index contributed by atoms with van der Waals surface area (Å²) in [5.74, 6) is -0.570. The molecule has 2 amide bonds. The molecule has 0 saturated carbocycles. The number of carbonyl (C=O) groups excluding carboxylic acids is 2. The number of hydrogen-bond donors (Lipinski definition) is 1. The molecule has 7 nitrogen and oxygen atoms in total. The molecule has 3 aromatic rings. The van der Waals surface area contributed by atoms with Crippen LogP contribution in [0.25, 0.3) is 10.2 Å². The minimum Gasteiger partial charge on any atom is -0.370 e. The molecule has 0 unspecified atom stereocenters. The first-order valence-electron chi connectivity index (χ1n) is 8.18. The van der Waals surface area contributed by atoms with E-state index in [1.165, 1.54) is 32.6 Å². The summed E-state index contributed by atoms with van der Waals surface area (Å²) >= 11 is 2.54. The lowest BCUT2D eigenvalue weighted by molar-refractivity contribution is -0.118. The largest absolute Gasteiger partial charge is 0.370 e. The molecule has 9 heteroatoms. The zero-order valence-electron chi connectivity index (χ0n) is 14.6. The Balaban J connectivity index is 1.79. The molecular formula is C18H18N4O3S2. The molecule has 0 spiro atoms. The van der Waals surface area contributed by atoms with Gasteiger partial charge in [-0.2, -0.15) is 0 Å². The minimum absolute atomic E-state index is 0.0723. The third kappa shape index (κ3) is 4.37. The van der Waals surface area contributed by atoms with Crippen LogP contribution in [0.2, 0.25) is 0 Å². The topological polar surface area (TPSA) is 98.3 Å². The molecule has 3 rings (SSSR count). The first-order valence-corrected chi connectivity index (χ1v) is 10.0. The lowest BCUT2D eigenvalue weighted by Crippen LogP contribution is -2.35. The summed E-state index contributed by atoms with van der Waals surface area (Å²) in [5, 5.41) is 2.29. The van der Waals surface area contributed by atoms with Crippen LogP contribution in [-0.2, 0) is 16.6 Å². The highest BCUT2D eigenvalue weighted by molar-refractivity contribution is 7.99. The number of para-hydroxylation sites is 1. The number of primary amides is 1. The molecule has 1 aromatic carbocycles. The summed E-state index contributed by atoms with van der Waals surface area (Å²) in [6, 6.07) is 10.9. The van der Waals surface area contributed by atoms with Crippen molar-refractivity contribution in [2.75, 3.05) is 17.2 Å². The van der Waals surface area contributed by atoms with Crippen molar-refractivity contribution in [1.82, 2.24) is 9.55 Å². The van der Waals surface area contributed by atoms with Crippen LogP contribution in [0.4, 0.5) is 5.69 Å². The zero-order valence-corrected chi connectivity index (χ0v) is 16.3. The van der Waals surface area contributed by atoms with Crippen LogP contribution in [-0.4, -0.2) is 33.7 Å². The van der Waals surface area contributed by atoms with Gasteiger partial charge >= 0.3 is 0 Å². The summed E-state index contributed by atoms with van der Waals surface area (Å²) in [6.07, 6.45) is 0.0723. The SMILES string of the molecule is Cn1c(SCC(=O)N(CCC(N)=O)c2ccccc2)nc2ccsc2c1=O. The second kappa shape index (κ2) is 8.36. The lowest BCUT2D eigenvalue weighted by atomic mass is 10.2. The normalized spacial score (nSPS) is 10.9. The molecule has 0 bridgehead atoms. The number of hydrogen-bond acceptors (Lipinski definition) is 6. The van der Waals surface area contributed by atoms with Gasteiger partial charge < -0.3 is 10.6 Å². The Labute approximate surface area is 163 Å². The summed E-state index contributed by atoms with van der Waals surface area (Å²) in [5.41, 5.74) is 6.43. The van der Waals surface area contributed by atoms with Crippen molar-refractivity contribution in [3.63, 3.8) is 0 Å². The van der Waals surface area contributed by atoms with Crippen molar-refractivity contribution in [1.29, 1.82) is 0 Å². The van der Waals surface area contributed by atoms with E-state index >= 15 is 0 Å². The van der Waals surface area contributed by atoms with Gasteiger partial charge in [0.05, 0.1) is 11.3 Å². The number of anilines is 1. The molecule has 0 saturated heterocycles.